The number of esters is 1. The summed E-state index contributed by atoms with van der Waals surface area (Å²) in [6.45, 7) is 9.63. The van der Waals surface area contributed by atoms with E-state index in [1.165, 1.54) is 12.8 Å². The van der Waals surface area contributed by atoms with Crippen LogP contribution in [0.25, 0.3) is 0 Å². The quantitative estimate of drug-likeness (QED) is 0.572. The van der Waals surface area contributed by atoms with Crippen molar-refractivity contribution in [2.75, 3.05) is 19.7 Å². The first kappa shape index (κ1) is 13.6. The minimum atomic E-state index is -0.536. The smallest absolute Gasteiger partial charge is 0.327 e. The Kier molecular flexibility index (Phi) is 4.07. The molecule has 1 saturated carbocycles. The summed E-state index contributed by atoms with van der Waals surface area (Å²) < 4.78 is 5.26. The summed E-state index contributed by atoms with van der Waals surface area (Å²) >= 11 is 0. The number of rotatable bonds is 6. The Morgan fingerprint density at radius 2 is 2.33 bits per heavy atom. The van der Waals surface area contributed by atoms with Gasteiger partial charge in [-0.05, 0) is 33.1 Å². The zero-order valence-electron chi connectivity index (χ0n) is 11.4. The Morgan fingerprint density at radius 1 is 1.61 bits per heavy atom. The van der Waals surface area contributed by atoms with E-state index in [1.807, 2.05) is 6.92 Å². The lowest BCUT2D eigenvalue weighted by Crippen LogP contribution is -2.55. The molecule has 1 aliphatic carbocycles. The van der Waals surface area contributed by atoms with Crippen LogP contribution in [0.3, 0.4) is 0 Å². The molecule has 0 aromatic heterocycles. The van der Waals surface area contributed by atoms with Crippen molar-refractivity contribution in [1.82, 2.24) is 10.2 Å². The van der Waals surface area contributed by atoms with E-state index < -0.39 is 5.54 Å². The van der Waals surface area contributed by atoms with Gasteiger partial charge in [0.2, 0.25) is 0 Å². The first-order valence-corrected chi connectivity index (χ1v) is 6.92. The van der Waals surface area contributed by atoms with Crippen LogP contribution in [0, 0.1) is 0 Å². The van der Waals surface area contributed by atoms with Gasteiger partial charge in [-0.3, -0.25) is 10.2 Å². The van der Waals surface area contributed by atoms with Crippen LogP contribution in [0.1, 0.15) is 33.1 Å². The molecule has 4 nitrogen and oxygen atoms in total. The van der Waals surface area contributed by atoms with E-state index in [4.69, 9.17) is 4.74 Å². The molecular formula is C14H24N2O2. The van der Waals surface area contributed by atoms with Crippen molar-refractivity contribution in [1.29, 1.82) is 0 Å². The Bertz CT molecular complexity index is 328. The van der Waals surface area contributed by atoms with E-state index in [0.29, 0.717) is 25.2 Å². The van der Waals surface area contributed by atoms with Crippen LogP contribution in [0.5, 0.6) is 0 Å². The third-order valence-electron chi connectivity index (χ3n) is 3.93. The zero-order valence-corrected chi connectivity index (χ0v) is 11.4. The molecular weight excluding hydrogens is 228 g/mol. The summed E-state index contributed by atoms with van der Waals surface area (Å²) in [5.74, 6) is -0.109. The van der Waals surface area contributed by atoms with Gasteiger partial charge in [0.15, 0.2) is 0 Å². The van der Waals surface area contributed by atoms with E-state index in [-0.39, 0.29) is 5.97 Å². The Morgan fingerprint density at radius 3 is 2.89 bits per heavy atom. The Balaban J connectivity index is 2.09. The minimum Gasteiger partial charge on any atom is -0.465 e. The van der Waals surface area contributed by atoms with Crippen LogP contribution in [0.4, 0.5) is 0 Å². The van der Waals surface area contributed by atoms with E-state index in [1.54, 1.807) is 6.08 Å². The number of nitrogens with one attached hydrogen (secondary N) is 1. The predicted octanol–water partition coefficient (Wildman–Crippen LogP) is 1.32. The second kappa shape index (κ2) is 5.41. The molecule has 0 bridgehead atoms. The fourth-order valence-electron chi connectivity index (χ4n) is 2.93. The number of carbonyl (C=O) groups is 1. The molecule has 0 radical (unpaired) electrons. The molecule has 0 aromatic carbocycles. The number of carbonyl (C=O) groups excluding carboxylic acids is 1. The molecule has 2 rings (SSSR count). The molecule has 18 heavy (non-hydrogen) atoms. The topological polar surface area (TPSA) is 41.6 Å². The van der Waals surface area contributed by atoms with Crippen molar-refractivity contribution in [2.24, 2.45) is 0 Å². The zero-order chi connectivity index (χ0) is 13.2. The molecule has 2 atom stereocenters. The number of nitrogens with zero attached hydrogens (tertiary/aromatic N) is 1. The lowest BCUT2D eigenvalue weighted by Gasteiger charge is -2.28. The van der Waals surface area contributed by atoms with Crippen molar-refractivity contribution < 1.29 is 9.53 Å². The molecule has 1 N–H and O–H groups in total. The summed E-state index contributed by atoms with van der Waals surface area (Å²) in [5, 5.41) is 3.34. The third kappa shape index (κ3) is 2.59. The van der Waals surface area contributed by atoms with Crippen molar-refractivity contribution in [3.63, 3.8) is 0 Å². The molecule has 0 amide bonds. The first-order chi connectivity index (χ1) is 8.63. The van der Waals surface area contributed by atoms with Gasteiger partial charge in [-0.15, -0.1) is 6.58 Å². The molecule has 4 heteroatoms. The summed E-state index contributed by atoms with van der Waals surface area (Å²) in [6.07, 6.45) is 5.16. The SMILES string of the molecule is C=CCNC1(C(=O)OCC)CC(C)N(C2CC2)C1. The lowest BCUT2D eigenvalue weighted by atomic mass is 9.96. The Labute approximate surface area is 109 Å². The monoisotopic (exact) mass is 252 g/mol. The van der Waals surface area contributed by atoms with Crippen molar-refractivity contribution >= 4 is 5.97 Å². The number of likely N-dealkylation sites (tertiary alicyclic amines) is 1. The van der Waals surface area contributed by atoms with E-state index in [9.17, 15) is 4.79 Å². The molecule has 1 saturated heterocycles. The summed E-state index contributed by atoms with van der Waals surface area (Å²) in [7, 11) is 0. The average molecular weight is 252 g/mol. The second-order valence-electron chi connectivity index (χ2n) is 5.43. The third-order valence-corrected chi connectivity index (χ3v) is 3.93. The van der Waals surface area contributed by atoms with Crippen molar-refractivity contribution in [3.05, 3.63) is 12.7 Å². The van der Waals surface area contributed by atoms with Gasteiger partial charge in [0, 0.05) is 25.2 Å². The standard InChI is InChI=1S/C14H24N2O2/c1-4-8-15-14(13(17)18-5-2)9-11(3)16(10-14)12-6-7-12/h4,11-12,15H,1,5-10H2,2-3H3. The molecule has 0 aromatic rings. The van der Waals surface area contributed by atoms with Crippen molar-refractivity contribution in [2.45, 2.75) is 50.7 Å². The fraction of sp³-hybridized carbons (Fsp3) is 0.786. The van der Waals surface area contributed by atoms with Crippen molar-refractivity contribution in [3.8, 4) is 0 Å². The van der Waals surface area contributed by atoms with E-state index >= 15 is 0 Å². The minimum absolute atomic E-state index is 0.109. The maximum Gasteiger partial charge on any atom is 0.327 e. The number of hydrogen-bond acceptors (Lipinski definition) is 4. The van der Waals surface area contributed by atoms with E-state index in [2.05, 4.69) is 23.7 Å². The number of hydrogen-bond donors (Lipinski definition) is 1. The Hall–Kier alpha value is -0.870. The normalized spacial score (nSPS) is 32.4. The molecule has 102 valence electrons. The summed E-state index contributed by atoms with van der Waals surface area (Å²) in [4.78, 5) is 14.7. The molecule has 2 fully saturated rings. The first-order valence-electron chi connectivity index (χ1n) is 6.92. The molecule has 1 heterocycles. The highest BCUT2D eigenvalue weighted by Crippen LogP contribution is 2.37. The van der Waals surface area contributed by atoms with E-state index in [0.717, 1.165) is 13.0 Å². The summed E-state index contributed by atoms with van der Waals surface area (Å²) in [6, 6.07) is 1.13. The summed E-state index contributed by atoms with van der Waals surface area (Å²) in [5.41, 5.74) is -0.536. The molecule has 0 spiro atoms. The van der Waals surface area contributed by atoms with Gasteiger partial charge in [0.25, 0.3) is 0 Å². The average Bonchev–Trinajstić information content (AvgIpc) is 3.12. The van der Waals surface area contributed by atoms with Gasteiger partial charge in [-0.25, -0.2) is 4.79 Å². The predicted molar refractivity (Wildman–Crippen MR) is 71.4 cm³/mol. The van der Waals surface area contributed by atoms with Gasteiger partial charge in [-0.1, -0.05) is 6.08 Å². The highest BCUT2D eigenvalue weighted by molar-refractivity contribution is 5.82. The van der Waals surface area contributed by atoms with Crippen LogP contribution in [0.15, 0.2) is 12.7 Å². The van der Waals surface area contributed by atoms with Gasteiger partial charge < -0.3 is 4.74 Å². The van der Waals surface area contributed by atoms with Crippen LogP contribution in [0.2, 0.25) is 0 Å². The highest BCUT2D eigenvalue weighted by atomic mass is 16.5. The molecule has 2 unspecified atom stereocenters. The highest BCUT2D eigenvalue weighted by Gasteiger charge is 2.51. The van der Waals surface area contributed by atoms with Crippen LogP contribution < -0.4 is 5.32 Å². The lowest BCUT2D eigenvalue weighted by molar-refractivity contribution is -0.150. The number of ether oxygens (including phenoxy) is 1. The van der Waals surface area contributed by atoms with Crippen LogP contribution in [-0.2, 0) is 9.53 Å². The van der Waals surface area contributed by atoms with Gasteiger partial charge in [0.05, 0.1) is 6.61 Å². The largest absolute Gasteiger partial charge is 0.465 e. The molecule has 1 aliphatic heterocycles. The maximum absolute atomic E-state index is 12.3. The van der Waals surface area contributed by atoms with Crippen LogP contribution in [-0.4, -0.2) is 48.2 Å². The van der Waals surface area contributed by atoms with Gasteiger partial charge in [-0.2, -0.15) is 0 Å². The fourth-order valence-corrected chi connectivity index (χ4v) is 2.93. The van der Waals surface area contributed by atoms with Crippen LogP contribution >= 0.6 is 0 Å². The molecule has 2 aliphatic rings. The van der Waals surface area contributed by atoms with Gasteiger partial charge in [0.1, 0.15) is 5.54 Å². The second-order valence-corrected chi connectivity index (χ2v) is 5.43. The van der Waals surface area contributed by atoms with Gasteiger partial charge >= 0.3 is 5.97 Å². The maximum atomic E-state index is 12.3.